The predicted octanol–water partition coefficient (Wildman–Crippen LogP) is 2.80. The maximum atomic E-state index is 13.9. The minimum absolute atomic E-state index is 0.0286. The van der Waals surface area contributed by atoms with Crippen LogP contribution in [-0.4, -0.2) is 27.4 Å². The van der Waals surface area contributed by atoms with E-state index >= 15 is 0 Å². The second-order valence-corrected chi connectivity index (χ2v) is 10.2. The fourth-order valence-corrected chi connectivity index (χ4v) is 5.78. The minimum Gasteiger partial charge on any atom is -0.497 e. The second-order valence-electron chi connectivity index (χ2n) is 9.19. The van der Waals surface area contributed by atoms with Gasteiger partial charge in [0.25, 0.3) is 22.8 Å². The molecule has 1 aliphatic heterocycles. The highest BCUT2D eigenvalue weighted by atomic mass is 32.1. The number of nitrogens with zero attached hydrogens (tertiary/aromatic N) is 4. The summed E-state index contributed by atoms with van der Waals surface area (Å²) in [5.41, 5.74) is 6.68. The first-order valence-electron chi connectivity index (χ1n) is 12.4. The summed E-state index contributed by atoms with van der Waals surface area (Å²) in [5, 5.41) is 35.3. The van der Waals surface area contributed by atoms with Crippen molar-refractivity contribution in [3.8, 4) is 11.8 Å². The Morgan fingerprint density at radius 2 is 1.60 bits per heavy atom. The number of rotatable bonds is 7. The molecule has 0 spiro atoms. The molecule has 0 saturated heterocycles. The van der Waals surface area contributed by atoms with Gasteiger partial charge in [0.05, 0.1) is 44.6 Å². The molecule has 1 atom stereocenters. The summed E-state index contributed by atoms with van der Waals surface area (Å²) in [6.07, 6.45) is 1.50. The lowest BCUT2D eigenvalue weighted by Crippen LogP contribution is -2.40. The summed E-state index contributed by atoms with van der Waals surface area (Å²) >= 11 is 0.954. The molecule has 1 unspecified atom stereocenters. The van der Waals surface area contributed by atoms with Gasteiger partial charge in [0, 0.05) is 30.0 Å². The van der Waals surface area contributed by atoms with Crippen molar-refractivity contribution in [2.75, 3.05) is 12.4 Å². The zero-order valence-corrected chi connectivity index (χ0v) is 23.0. The Morgan fingerprint density at radius 3 is 2.14 bits per heavy atom. The molecule has 3 N–H and O–H groups in total. The molecule has 43 heavy (non-hydrogen) atoms. The number of thiazole rings is 1. The number of amides is 1. The van der Waals surface area contributed by atoms with Gasteiger partial charge in [-0.15, -0.1) is 11.3 Å². The molecular formula is C29H20N6O7S. The number of benzene rings is 3. The molecule has 4 aromatic rings. The van der Waals surface area contributed by atoms with E-state index < -0.39 is 27.2 Å². The number of anilines is 1. The van der Waals surface area contributed by atoms with Crippen LogP contribution >= 0.6 is 11.3 Å². The van der Waals surface area contributed by atoms with Crippen LogP contribution in [0.2, 0.25) is 0 Å². The SMILES string of the molecule is COc1ccc(NC(=O)C2=c3s/c(=C\c4ccc([N+](=O)[O-])cc4)c(=O)n3C(N)=C(C#N)C2c2ccc([N+](=O)[O-])cc2)cc1. The molecule has 0 bridgehead atoms. The Kier molecular flexibility index (Phi) is 7.56. The number of methoxy groups -OCH3 is 1. The Bertz CT molecular complexity index is 2040. The van der Waals surface area contributed by atoms with E-state index in [1.807, 2.05) is 6.07 Å². The summed E-state index contributed by atoms with van der Waals surface area (Å²) < 4.78 is 6.57. The molecule has 1 amide bonds. The van der Waals surface area contributed by atoms with Gasteiger partial charge in [-0.3, -0.25) is 34.4 Å². The number of allylic oxidation sites excluding steroid dienone is 1. The number of carbonyl (C=O) groups excluding carboxylic acids is 1. The molecule has 1 aromatic heterocycles. The lowest BCUT2D eigenvalue weighted by molar-refractivity contribution is -0.385. The standard InChI is InChI=1S/C29H20N6O7S/c1-42-21-12-6-18(7-13-21)32-27(36)25-24(17-4-10-20(11-5-17)35(40)41)22(15-30)26(31)33-28(37)23(43-29(25)33)14-16-2-8-19(9-3-16)34(38)39/h2-14,24H,31H2,1H3,(H,32,36)/b23-14-. The van der Waals surface area contributed by atoms with Crippen molar-refractivity contribution in [2.45, 2.75) is 5.92 Å². The van der Waals surface area contributed by atoms with Crippen LogP contribution in [0, 0.1) is 31.6 Å². The molecule has 3 aromatic carbocycles. The number of nitro groups is 2. The normalized spacial score (nSPS) is 14.6. The van der Waals surface area contributed by atoms with Crippen LogP contribution in [0.3, 0.4) is 0 Å². The molecule has 2 heterocycles. The molecule has 0 radical (unpaired) electrons. The zero-order chi connectivity index (χ0) is 30.8. The highest BCUT2D eigenvalue weighted by molar-refractivity contribution is 7.07. The topological polar surface area (TPSA) is 196 Å². The van der Waals surface area contributed by atoms with Crippen molar-refractivity contribution >= 4 is 51.8 Å². The number of nitrogens with one attached hydrogen (secondary N) is 1. The largest absolute Gasteiger partial charge is 0.497 e. The number of hydrogen-bond acceptors (Lipinski definition) is 10. The number of aromatic nitrogens is 1. The van der Waals surface area contributed by atoms with E-state index in [2.05, 4.69) is 5.32 Å². The third kappa shape index (κ3) is 5.35. The number of nitrogens with two attached hydrogens (primary N) is 1. The van der Waals surface area contributed by atoms with Gasteiger partial charge in [0.2, 0.25) is 0 Å². The molecule has 0 aliphatic carbocycles. The first-order chi connectivity index (χ1) is 20.6. The van der Waals surface area contributed by atoms with Gasteiger partial charge in [-0.25, -0.2) is 0 Å². The van der Waals surface area contributed by atoms with Crippen molar-refractivity contribution in [2.24, 2.45) is 5.73 Å². The van der Waals surface area contributed by atoms with E-state index in [0.717, 1.165) is 15.9 Å². The van der Waals surface area contributed by atoms with Gasteiger partial charge in [-0.05, 0) is 53.6 Å². The van der Waals surface area contributed by atoms with E-state index in [0.29, 0.717) is 22.6 Å². The molecule has 1 aliphatic rings. The van der Waals surface area contributed by atoms with Gasteiger partial charge in [0.15, 0.2) is 0 Å². The maximum Gasteiger partial charge on any atom is 0.274 e. The molecule has 0 fully saturated rings. The monoisotopic (exact) mass is 596 g/mol. The summed E-state index contributed by atoms with van der Waals surface area (Å²) in [5.74, 6) is -1.32. The van der Waals surface area contributed by atoms with Crippen LogP contribution in [-0.2, 0) is 4.79 Å². The highest BCUT2D eigenvalue weighted by Gasteiger charge is 2.36. The van der Waals surface area contributed by atoms with Crippen molar-refractivity contribution in [1.82, 2.24) is 4.57 Å². The van der Waals surface area contributed by atoms with Gasteiger partial charge in [0.1, 0.15) is 16.2 Å². The van der Waals surface area contributed by atoms with Crippen molar-refractivity contribution < 1.29 is 19.4 Å². The minimum atomic E-state index is -1.06. The first kappa shape index (κ1) is 28.5. The fourth-order valence-electron chi connectivity index (χ4n) is 4.61. The third-order valence-electron chi connectivity index (χ3n) is 6.70. The number of nitriles is 1. The summed E-state index contributed by atoms with van der Waals surface area (Å²) in [7, 11) is 1.50. The fraction of sp³-hybridized carbons (Fsp3) is 0.0690. The van der Waals surface area contributed by atoms with Crippen LogP contribution < -0.4 is 30.5 Å². The van der Waals surface area contributed by atoms with E-state index in [9.17, 15) is 35.1 Å². The lowest BCUT2D eigenvalue weighted by atomic mass is 9.83. The van der Waals surface area contributed by atoms with Crippen molar-refractivity contribution in [3.05, 3.63) is 129 Å². The number of non-ortho nitro benzene ring substituents is 2. The van der Waals surface area contributed by atoms with Crippen LogP contribution in [0.4, 0.5) is 17.1 Å². The highest BCUT2D eigenvalue weighted by Crippen LogP contribution is 2.37. The van der Waals surface area contributed by atoms with E-state index in [-0.39, 0.29) is 37.5 Å². The number of fused-ring (bicyclic) bond motifs is 1. The lowest BCUT2D eigenvalue weighted by Gasteiger charge is -2.25. The Hall–Kier alpha value is -6.07. The van der Waals surface area contributed by atoms with Gasteiger partial charge >= 0.3 is 0 Å². The average molecular weight is 597 g/mol. The third-order valence-corrected chi connectivity index (χ3v) is 7.81. The van der Waals surface area contributed by atoms with Crippen LogP contribution in [0.25, 0.3) is 17.5 Å². The summed E-state index contributed by atoms with van der Waals surface area (Å²) in [4.78, 5) is 48.7. The van der Waals surface area contributed by atoms with Crippen LogP contribution in [0.15, 0.2) is 83.2 Å². The number of ether oxygens (including phenoxy) is 1. The Morgan fingerprint density at radius 1 is 1.02 bits per heavy atom. The summed E-state index contributed by atoms with van der Waals surface area (Å²) in [6, 6.07) is 19.4. The predicted molar refractivity (Wildman–Crippen MR) is 158 cm³/mol. The smallest absolute Gasteiger partial charge is 0.274 e. The molecule has 13 nitrogen and oxygen atoms in total. The first-order valence-corrected chi connectivity index (χ1v) is 13.3. The van der Waals surface area contributed by atoms with Crippen LogP contribution in [0.5, 0.6) is 5.75 Å². The maximum absolute atomic E-state index is 13.9. The van der Waals surface area contributed by atoms with E-state index in [4.69, 9.17) is 10.5 Å². The Balaban J connectivity index is 1.75. The number of nitro benzene ring substituents is 2. The molecule has 214 valence electrons. The number of hydrogen-bond donors (Lipinski definition) is 2. The van der Waals surface area contributed by atoms with Crippen LogP contribution in [0.1, 0.15) is 17.0 Å². The van der Waals surface area contributed by atoms with E-state index in [1.165, 1.54) is 61.7 Å². The zero-order valence-electron chi connectivity index (χ0n) is 22.2. The van der Waals surface area contributed by atoms with Crippen molar-refractivity contribution in [1.29, 1.82) is 5.26 Å². The van der Waals surface area contributed by atoms with Gasteiger partial charge in [-0.1, -0.05) is 12.1 Å². The molecule has 0 saturated carbocycles. The average Bonchev–Trinajstić information content (AvgIpc) is 3.32. The van der Waals surface area contributed by atoms with E-state index in [1.54, 1.807) is 24.3 Å². The van der Waals surface area contributed by atoms with Gasteiger partial charge in [-0.2, -0.15) is 5.26 Å². The Labute approximate surface area is 246 Å². The summed E-state index contributed by atoms with van der Waals surface area (Å²) in [6.45, 7) is 0. The second kappa shape index (κ2) is 11.4. The number of carbonyl (C=O) groups is 1. The molecule has 14 heteroatoms. The van der Waals surface area contributed by atoms with Crippen molar-refractivity contribution in [3.63, 3.8) is 0 Å². The molecular weight excluding hydrogens is 576 g/mol. The molecule has 5 rings (SSSR count). The van der Waals surface area contributed by atoms with Gasteiger partial charge < -0.3 is 15.8 Å². The quantitative estimate of drug-likeness (QED) is 0.238.